The molecule has 0 saturated heterocycles. The van der Waals surface area contributed by atoms with Gasteiger partial charge >= 0.3 is 0 Å². The van der Waals surface area contributed by atoms with Gasteiger partial charge in [0, 0.05) is 31.0 Å². The quantitative estimate of drug-likeness (QED) is 0.238. The normalized spacial score (nSPS) is 12.0. The largest absolute Gasteiger partial charge is 0.373 e. The van der Waals surface area contributed by atoms with Crippen LogP contribution >= 0.6 is 0 Å². The predicted octanol–water partition coefficient (Wildman–Crippen LogP) is 4.65. The molecule has 4 aromatic rings. The molecule has 0 aliphatic heterocycles. The van der Waals surface area contributed by atoms with Gasteiger partial charge in [-0.2, -0.15) is 0 Å². The molecule has 0 saturated carbocycles. The molecule has 1 unspecified atom stereocenters. The summed E-state index contributed by atoms with van der Waals surface area (Å²) in [6.45, 7) is 0.705. The third-order valence-corrected chi connectivity index (χ3v) is 6.33. The number of unbranched alkanes of at least 4 members (excludes halogenated alkanes) is 2. The third-order valence-electron chi connectivity index (χ3n) is 6.33. The van der Waals surface area contributed by atoms with Gasteiger partial charge in [0.2, 0.25) is 5.91 Å². The van der Waals surface area contributed by atoms with Crippen molar-refractivity contribution >= 4 is 28.4 Å². The zero-order chi connectivity index (χ0) is 25.3. The molecule has 188 valence electrons. The Kier molecular flexibility index (Phi) is 8.52. The summed E-state index contributed by atoms with van der Waals surface area (Å²) in [6, 6.07) is 18.4. The number of anilines is 1. The number of aliphatic hydroxyl groups is 1. The van der Waals surface area contributed by atoms with Crippen molar-refractivity contribution in [3.8, 4) is 0 Å². The van der Waals surface area contributed by atoms with E-state index in [4.69, 9.17) is 5.73 Å². The van der Waals surface area contributed by atoms with Gasteiger partial charge in [-0.3, -0.25) is 9.59 Å². The molecule has 4 rings (SSSR count). The minimum atomic E-state index is -0.782. The van der Waals surface area contributed by atoms with E-state index in [0.29, 0.717) is 25.8 Å². The Morgan fingerprint density at radius 1 is 1.03 bits per heavy atom. The Labute approximate surface area is 210 Å². The van der Waals surface area contributed by atoms with Gasteiger partial charge in [0.15, 0.2) is 0 Å². The van der Waals surface area contributed by atoms with Crippen LogP contribution in [0.25, 0.3) is 10.9 Å². The number of rotatable bonds is 13. The van der Waals surface area contributed by atoms with Gasteiger partial charge in [0.25, 0.3) is 5.91 Å². The van der Waals surface area contributed by atoms with Gasteiger partial charge in [-0.05, 0) is 61.3 Å². The number of primary amides is 1. The summed E-state index contributed by atoms with van der Waals surface area (Å²) in [6.07, 6.45) is 9.84. The van der Waals surface area contributed by atoms with Crippen LogP contribution < -0.4 is 11.1 Å². The summed E-state index contributed by atoms with van der Waals surface area (Å²) in [5, 5.41) is 14.5. The van der Waals surface area contributed by atoms with E-state index in [0.717, 1.165) is 42.3 Å². The standard InChI is InChI=1S/C28H33N5O3/c29-28(36)24-19-33(20-30-24)27(35)12-7-16-32-17-15-22-13-14-23(18-25(22)32)31-26(34)11-6-2-5-10-21-8-3-1-4-9-21/h1,3-4,8-9,13-15,17-20,27,35H,2,5-7,10-12,16H2,(H2,29,36)(H,31,34). The number of nitrogens with one attached hydrogen (secondary N) is 1. The molecule has 36 heavy (non-hydrogen) atoms. The van der Waals surface area contributed by atoms with Crippen molar-refractivity contribution in [3.63, 3.8) is 0 Å². The summed E-state index contributed by atoms with van der Waals surface area (Å²) in [4.78, 5) is 27.5. The number of aliphatic hydroxyl groups excluding tert-OH is 1. The zero-order valence-electron chi connectivity index (χ0n) is 20.3. The van der Waals surface area contributed by atoms with Crippen LogP contribution in [-0.4, -0.2) is 31.0 Å². The number of imidazole rings is 1. The highest BCUT2D eigenvalue weighted by atomic mass is 16.3. The molecule has 0 radical (unpaired) electrons. The molecule has 1 atom stereocenters. The zero-order valence-corrected chi connectivity index (χ0v) is 20.3. The summed E-state index contributed by atoms with van der Waals surface area (Å²) >= 11 is 0. The highest BCUT2D eigenvalue weighted by molar-refractivity contribution is 5.93. The van der Waals surface area contributed by atoms with E-state index in [2.05, 4.69) is 39.1 Å². The fourth-order valence-electron chi connectivity index (χ4n) is 4.34. The first-order valence-corrected chi connectivity index (χ1v) is 12.4. The average Bonchev–Trinajstić information content (AvgIpc) is 3.52. The van der Waals surface area contributed by atoms with Crippen LogP contribution in [-0.2, 0) is 17.8 Å². The van der Waals surface area contributed by atoms with Crippen LogP contribution in [0, 0.1) is 0 Å². The fraction of sp³-hybridized carbons (Fsp3) is 0.321. The minimum Gasteiger partial charge on any atom is -0.373 e. The number of aryl methyl sites for hydroxylation is 2. The van der Waals surface area contributed by atoms with Crippen molar-refractivity contribution in [1.82, 2.24) is 14.1 Å². The Morgan fingerprint density at radius 2 is 1.86 bits per heavy atom. The second-order valence-corrected chi connectivity index (χ2v) is 9.07. The number of nitrogens with zero attached hydrogens (tertiary/aromatic N) is 3. The van der Waals surface area contributed by atoms with Crippen molar-refractivity contribution in [2.45, 2.75) is 57.7 Å². The van der Waals surface area contributed by atoms with Gasteiger partial charge in [-0.1, -0.05) is 42.8 Å². The molecule has 0 aliphatic rings. The maximum Gasteiger partial charge on any atom is 0.268 e. The first kappa shape index (κ1) is 25.2. The Bertz CT molecular complexity index is 1300. The van der Waals surface area contributed by atoms with Gasteiger partial charge in [-0.25, -0.2) is 4.98 Å². The van der Waals surface area contributed by atoms with E-state index < -0.39 is 12.1 Å². The van der Waals surface area contributed by atoms with Crippen LogP contribution in [0.4, 0.5) is 5.69 Å². The molecule has 8 heteroatoms. The van der Waals surface area contributed by atoms with Crippen LogP contribution in [0.1, 0.15) is 60.8 Å². The lowest BCUT2D eigenvalue weighted by Gasteiger charge is -2.13. The lowest BCUT2D eigenvalue weighted by Crippen LogP contribution is -2.12. The van der Waals surface area contributed by atoms with Crippen molar-refractivity contribution in [2.24, 2.45) is 5.73 Å². The van der Waals surface area contributed by atoms with Crippen LogP contribution in [0.2, 0.25) is 0 Å². The molecule has 0 bridgehead atoms. The molecule has 2 aromatic heterocycles. The monoisotopic (exact) mass is 487 g/mol. The molecule has 8 nitrogen and oxygen atoms in total. The van der Waals surface area contributed by atoms with Crippen LogP contribution in [0.3, 0.4) is 0 Å². The number of amides is 2. The number of hydrogen-bond acceptors (Lipinski definition) is 4. The number of hydrogen-bond donors (Lipinski definition) is 3. The predicted molar refractivity (Wildman–Crippen MR) is 140 cm³/mol. The van der Waals surface area contributed by atoms with E-state index >= 15 is 0 Å². The third kappa shape index (κ3) is 6.82. The summed E-state index contributed by atoms with van der Waals surface area (Å²) in [7, 11) is 0. The maximum absolute atomic E-state index is 12.4. The first-order chi connectivity index (χ1) is 17.5. The summed E-state index contributed by atoms with van der Waals surface area (Å²) in [5.41, 5.74) is 8.51. The smallest absolute Gasteiger partial charge is 0.268 e. The molecule has 2 heterocycles. The number of carbonyl (C=O) groups excluding carboxylic acids is 2. The molecule has 0 spiro atoms. The summed E-state index contributed by atoms with van der Waals surface area (Å²) < 4.78 is 3.60. The second-order valence-electron chi connectivity index (χ2n) is 9.07. The number of nitrogens with two attached hydrogens (primary N) is 1. The van der Waals surface area contributed by atoms with Gasteiger partial charge in [0.1, 0.15) is 11.9 Å². The number of aromatic nitrogens is 3. The SMILES string of the molecule is NC(=O)c1cn(C(O)CCCn2ccc3ccc(NC(=O)CCCCCc4ccccc4)cc32)cn1. The van der Waals surface area contributed by atoms with Gasteiger partial charge < -0.3 is 25.3 Å². The van der Waals surface area contributed by atoms with Crippen molar-refractivity contribution in [3.05, 3.63) is 84.6 Å². The van der Waals surface area contributed by atoms with Crippen molar-refractivity contribution < 1.29 is 14.7 Å². The Hall–Kier alpha value is -3.91. The van der Waals surface area contributed by atoms with Gasteiger partial charge in [0.05, 0.1) is 11.8 Å². The Balaban J connectivity index is 1.23. The van der Waals surface area contributed by atoms with E-state index in [1.807, 2.05) is 36.5 Å². The lowest BCUT2D eigenvalue weighted by molar-refractivity contribution is -0.116. The summed E-state index contributed by atoms with van der Waals surface area (Å²) in [5.74, 6) is -0.586. The van der Waals surface area contributed by atoms with Crippen molar-refractivity contribution in [2.75, 3.05) is 5.32 Å². The number of fused-ring (bicyclic) bond motifs is 1. The maximum atomic E-state index is 12.4. The second kappa shape index (κ2) is 12.2. The average molecular weight is 488 g/mol. The van der Waals surface area contributed by atoms with E-state index in [9.17, 15) is 14.7 Å². The number of benzene rings is 2. The molecule has 0 fully saturated rings. The minimum absolute atomic E-state index is 0.0333. The molecular formula is C28H33N5O3. The highest BCUT2D eigenvalue weighted by Gasteiger charge is 2.11. The fourth-order valence-corrected chi connectivity index (χ4v) is 4.34. The molecule has 2 aromatic carbocycles. The van der Waals surface area contributed by atoms with Crippen LogP contribution in [0.15, 0.2) is 73.3 Å². The topological polar surface area (TPSA) is 115 Å². The molecule has 0 aliphatic carbocycles. The highest BCUT2D eigenvalue weighted by Crippen LogP contribution is 2.22. The van der Waals surface area contributed by atoms with E-state index in [1.165, 1.54) is 22.7 Å². The lowest BCUT2D eigenvalue weighted by atomic mass is 10.1. The molecule has 2 amide bonds. The van der Waals surface area contributed by atoms with Crippen molar-refractivity contribution in [1.29, 1.82) is 0 Å². The number of carbonyl (C=O) groups is 2. The van der Waals surface area contributed by atoms with Gasteiger partial charge in [-0.15, -0.1) is 0 Å². The van der Waals surface area contributed by atoms with E-state index in [-0.39, 0.29) is 11.6 Å². The Morgan fingerprint density at radius 3 is 2.64 bits per heavy atom. The first-order valence-electron chi connectivity index (χ1n) is 12.4. The molecule has 4 N–H and O–H groups in total. The van der Waals surface area contributed by atoms with E-state index in [1.54, 1.807) is 0 Å². The van der Waals surface area contributed by atoms with Crippen LogP contribution in [0.5, 0.6) is 0 Å². The molecular weight excluding hydrogens is 454 g/mol.